The van der Waals surface area contributed by atoms with Crippen molar-refractivity contribution in [3.05, 3.63) is 44.2 Å². The second kappa shape index (κ2) is 9.24. The summed E-state index contributed by atoms with van der Waals surface area (Å²) in [6.07, 6.45) is 0. The molecule has 0 aliphatic heterocycles. The highest BCUT2D eigenvalue weighted by atomic mass is 79.9. The van der Waals surface area contributed by atoms with Crippen molar-refractivity contribution >= 4 is 49.9 Å². The first-order chi connectivity index (χ1) is 13.1. The number of halogens is 3. The van der Waals surface area contributed by atoms with Gasteiger partial charge in [0.2, 0.25) is 0 Å². The number of hydrogen-bond acceptors (Lipinski definition) is 6. The molecule has 150 valence electrons. The molecule has 0 saturated heterocycles. The molecule has 28 heavy (non-hydrogen) atoms. The number of carbonyl (C=O) groups is 3. The lowest BCUT2D eigenvalue weighted by Crippen LogP contribution is -2.17. The number of rotatable bonds is 7. The number of hydrogen-bond donors (Lipinski definition) is 1. The first kappa shape index (κ1) is 22.0. The van der Waals surface area contributed by atoms with Crippen molar-refractivity contribution in [2.45, 2.75) is 27.4 Å². The van der Waals surface area contributed by atoms with Crippen LogP contribution in [0.5, 0.6) is 5.75 Å². The van der Waals surface area contributed by atoms with E-state index in [9.17, 15) is 23.2 Å². The smallest absolute Gasteiger partial charge is 0.387 e. The standard InChI is InChI=1S/C18H16BrF2NO5S/c1-4-26-17(25)13-8(2)14(9(3)23)28-16(13)22-15(24)11-7-10(19)5-6-12(11)27-18(20)21/h5-7,18H,4H2,1-3H3,(H,22,24). The lowest BCUT2D eigenvalue weighted by atomic mass is 10.1. The van der Waals surface area contributed by atoms with E-state index in [0.29, 0.717) is 10.0 Å². The molecular formula is C18H16BrF2NO5S. The molecule has 0 aliphatic carbocycles. The number of Topliss-reactive ketones (excluding diaryl/α,β-unsaturated/α-hetero) is 1. The highest BCUT2D eigenvalue weighted by Crippen LogP contribution is 2.35. The Morgan fingerprint density at radius 1 is 1.29 bits per heavy atom. The summed E-state index contributed by atoms with van der Waals surface area (Å²) in [5, 5.41) is 2.60. The SMILES string of the molecule is CCOC(=O)c1c(NC(=O)c2cc(Br)ccc2OC(F)F)sc(C(C)=O)c1C. The Hall–Kier alpha value is -2.33. The van der Waals surface area contributed by atoms with Gasteiger partial charge < -0.3 is 14.8 Å². The minimum atomic E-state index is -3.11. The molecule has 6 nitrogen and oxygen atoms in total. The molecule has 1 aromatic carbocycles. The Bertz CT molecular complexity index is 929. The Kier molecular flexibility index (Phi) is 7.25. The van der Waals surface area contributed by atoms with Crippen LogP contribution < -0.4 is 10.1 Å². The van der Waals surface area contributed by atoms with Crippen LogP contribution in [0.15, 0.2) is 22.7 Å². The van der Waals surface area contributed by atoms with Crippen LogP contribution >= 0.6 is 27.3 Å². The van der Waals surface area contributed by atoms with Gasteiger partial charge in [0.05, 0.1) is 22.6 Å². The molecule has 2 rings (SSSR count). The fourth-order valence-corrected chi connectivity index (χ4v) is 3.88. The summed E-state index contributed by atoms with van der Waals surface area (Å²) in [5.41, 5.74) is 0.265. The molecular weight excluding hydrogens is 460 g/mol. The van der Waals surface area contributed by atoms with Crippen LogP contribution in [0, 0.1) is 6.92 Å². The number of ketones is 1. The number of anilines is 1. The fraction of sp³-hybridized carbons (Fsp3) is 0.278. The zero-order valence-electron chi connectivity index (χ0n) is 15.1. The van der Waals surface area contributed by atoms with Gasteiger partial charge in [-0.15, -0.1) is 11.3 Å². The number of ether oxygens (including phenoxy) is 2. The number of benzene rings is 1. The van der Waals surface area contributed by atoms with E-state index >= 15 is 0 Å². The predicted octanol–water partition coefficient (Wildman–Crippen LogP) is 5.05. The number of nitrogens with one attached hydrogen (secondary N) is 1. The summed E-state index contributed by atoms with van der Waals surface area (Å²) < 4.78 is 35.1. The first-order valence-electron chi connectivity index (χ1n) is 8.02. The average molecular weight is 476 g/mol. The largest absolute Gasteiger partial charge is 0.462 e. The molecule has 0 radical (unpaired) electrons. The minimum Gasteiger partial charge on any atom is -0.462 e. The monoisotopic (exact) mass is 475 g/mol. The van der Waals surface area contributed by atoms with E-state index in [-0.39, 0.29) is 39.1 Å². The maximum absolute atomic E-state index is 12.7. The Balaban J connectivity index is 2.47. The molecule has 1 heterocycles. The maximum atomic E-state index is 12.7. The van der Waals surface area contributed by atoms with E-state index < -0.39 is 18.5 Å². The van der Waals surface area contributed by atoms with Gasteiger partial charge in [-0.1, -0.05) is 15.9 Å². The normalized spacial score (nSPS) is 10.7. The lowest BCUT2D eigenvalue weighted by molar-refractivity contribution is -0.0501. The van der Waals surface area contributed by atoms with E-state index in [2.05, 4.69) is 26.0 Å². The first-order valence-corrected chi connectivity index (χ1v) is 9.63. The minimum absolute atomic E-state index is 0.0525. The fourth-order valence-electron chi connectivity index (χ4n) is 2.44. The highest BCUT2D eigenvalue weighted by Gasteiger charge is 2.26. The van der Waals surface area contributed by atoms with Crippen molar-refractivity contribution in [1.82, 2.24) is 0 Å². The zero-order chi connectivity index (χ0) is 21.0. The van der Waals surface area contributed by atoms with Crippen LogP contribution in [-0.4, -0.2) is 30.9 Å². The average Bonchev–Trinajstić information content (AvgIpc) is 2.92. The van der Waals surface area contributed by atoms with E-state index in [1.54, 1.807) is 13.8 Å². The Morgan fingerprint density at radius 3 is 2.54 bits per heavy atom. The zero-order valence-corrected chi connectivity index (χ0v) is 17.5. The van der Waals surface area contributed by atoms with Gasteiger partial charge >= 0.3 is 12.6 Å². The third-order valence-corrected chi connectivity index (χ3v) is 5.38. The summed E-state index contributed by atoms with van der Waals surface area (Å²) in [5.74, 6) is -2.08. The summed E-state index contributed by atoms with van der Waals surface area (Å²) >= 11 is 4.08. The Labute approximate surface area is 172 Å². The molecule has 0 fully saturated rings. The van der Waals surface area contributed by atoms with Crippen molar-refractivity contribution in [2.24, 2.45) is 0 Å². The molecule has 0 saturated carbocycles. The van der Waals surface area contributed by atoms with Gasteiger partial charge in [-0.25, -0.2) is 4.79 Å². The van der Waals surface area contributed by atoms with Crippen LogP contribution in [-0.2, 0) is 4.74 Å². The maximum Gasteiger partial charge on any atom is 0.387 e. The van der Waals surface area contributed by atoms with Gasteiger partial charge in [-0.05, 0) is 44.5 Å². The van der Waals surface area contributed by atoms with E-state index in [1.165, 1.54) is 25.1 Å². The van der Waals surface area contributed by atoms with E-state index in [1.807, 2.05) is 0 Å². The molecule has 0 spiro atoms. The molecule has 2 aromatic rings. The topological polar surface area (TPSA) is 81.7 Å². The van der Waals surface area contributed by atoms with Crippen molar-refractivity contribution < 1.29 is 32.6 Å². The van der Waals surface area contributed by atoms with Crippen molar-refractivity contribution in [2.75, 3.05) is 11.9 Å². The molecule has 0 bridgehead atoms. The van der Waals surface area contributed by atoms with Gasteiger partial charge in [0, 0.05) is 4.47 Å². The lowest BCUT2D eigenvalue weighted by Gasteiger charge is -2.12. The number of amides is 1. The van der Waals surface area contributed by atoms with E-state index in [4.69, 9.17) is 4.74 Å². The molecule has 0 unspecified atom stereocenters. The van der Waals surface area contributed by atoms with Crippen LogP contribution in [0.2, 0.25) is 0 Å². The number of alkyl halides is 2. The summed E-state index contributed by atoms with van der Waals surface area (Å²) in [6.45, 7) is 1.52. The van der Waals surface area contributed by atoms with Gasteiger partial charge in [0.1, 0.15) is 10.8 Å². The molecule has 1 aromatic heterocycles. The summed E-state index contributed by atoms with van der Waals surface area (Å²) in [4.78, 5) is 37.1. The van der Waals surface area contributed by atoms with E-state index in [0.717, 1.165) is 11.3 Å². The molecule has 10 heteroatoms. The van der Waals surface area contributed by atoms with Crippen molar-refractivity contribution in [3.8, 4) is 5.75 Å². The molecule has 0 atom stereocenters. The molecule has 1 amide bonds. The van der Waals surface area contributed by atoms with Crippen LogP contribution in [0.4, 0.5) is 13.8 Å². The molecule has 1 N–H and O–H groups in total. The van der Waals surface area contributed by atoms with Gasteiger partial charge in [0.15, 0.2) is 5.78 Å². The third-order valence-electron chi connectivity index (χ3n) is 3.58. The summed E-state index contributed by atoms with van der Waals surface area (Å²) in [6, 6.07) is 3.98. The van der Waals surface area contributed by atoms with Crippen molar-refractivity contribution in [1.29, 1.82) is 0 Å². The second-order valence-electron chi connectivity index (χ2n) is 5.51. The van der Waals surface area contributed by atoms with Crippen LogP contribution in [0.3, 0.4) is 0 Å². The Morgan fingerprint density at radius 2 is 1.96 bits per heavy atom. The predicted molar refractivity (Wildman–Crippen MR) is 104 cm³/mol. The summed E-state index contributed by atoms with van der Waals surface area (Å²) in [7, 11) is 0. The quantitative estimate of drug-likeness (QED) is 0.447. The highest BCUT2D eigenvalue weighted by molar-refractivity contribution is 9.10. The van der Waals surface area contributed by atoms with Crippen LogP contribution in [0.1, 0.15) is 49.8 Å². The number of esters is 1. The van der Waals surface area contributed by atoms with Crippen molar-refractivity contribution in [3.63, 3.8) is 0 Å². The molecule has 0 aliphatic rings. The second-order valence-corrected chi connectivity index (χ2v) is 7.45. The van der Waals surface area contributed by atoms with Gasteiger partial charge in [-0.3, -0.25) is 9.59 Å². The van der Waals surface area contributed by atoms with Gasteiger partial charge in [-0.2, -0.15) is 8.78 Å². The third kappa shape index (κ3) is 4.93. The number of thiophene rings is 1. The van der Waals surface area contributed by atoms with Gasteiger partial charge in [0.25, 0.3) is 5.91 Å². The van der Waals surface area contributed by atoms with Crippen LogP contribution in [0.25, 0.3) is 0 Å². The number of carbonyl (C=O) groups excluding carboxylic acids is 3.